The number of hydrogen-bond acceptors (Lipinski definition) is 2. The Morgan fingerprint density at radius 1 is 1.28 bits per heavy atom. The second-order valence-electron chi connectivity index (χ2n) is 3.80. The SMILES string of the molecule is O=c1[nH]nc2cc(I)c(-c3ccc(F)cc3)cn12. The molecule has 4 nitrogen and oxygen atoms in total. The minimum atomic E-state index is -0.287. The van der Waals surface area contributed by atoms with Crippen LogP contribution in [0.4, 0.5) is 4.39 Å². The number of hydrogen-bond donors (Lipinski definition) is 1. The molecule has 0 aliphatic rings. The Kier molecular flexibility index (Phi) is 2.66. The number of nitrogens with zero attached hydrogens (tertiary/aromatic N) is 2. The summed E-state index contributed by atoms with van der Waals surface area (Å²) >= 11 is 2.17. The van der Waals surface area contributed by atoms with Gasteiger partial charge in [0.1, 0.15) is 5.82 Å². The first kappa shape index (κ1) is 11.4. The lowest BCUT2D eigenvalue weighted by atomic mass is 10.1. The van der Waals surface area contributed by atoms with Crippen LogP contribution in [0.25, 0.3) is 16.8 Å². The Balaban J connectivity index is 2.27. The number of nitrogens with one attached hydrogen (secondary N) is 1. The van der Waals surface area contributed by atoms with Crippen molar-refractivity contribution in [3.05, 3.63) is 56.4 Å². The topological polar surface area (TPSA) is 50.2 Å². The summed E-state index contributed by atoms with van der Waals surface area (Å²) < 4.78 is 15.3. The number of fused-ring (bicyclic) bond motifs is 1. The van der Waals surface area contributed by atoms with Gasteiger partial charge >= 0.3 is 5.69 Å². The van der Waals surface area contributed by atoms with Gasteiger partial charge in [0.15, 0.2) is 5.65 Å². The summed E-state index contributed by atoms with van der Waals surface area (Å²) in [5.74, 6) is -0.282. The number of halogens is 2. The van der Waals surface area contributed by atoms with Crippen molar-refractivity contribution < 1.29 is 4.39 Å². The van der Waals surface area contributed by atoms with Crippen LogP contribution in [0.15, 0.2) is 41.3 Å². The van der Waals surface area contributed by atoms with Gasteiger partial charge in [-0.25, -0.2) is 18.7 Å². The molecule has 0 aliphatic carbocycles. The van der Waals surface area contributed by atoms with E-state index in [0.717, 1.165) is 14.7 Å². The standard InChI is InChI=1S/C12H7FIN3O/c13-8-3-1-7(2-4-8)9-6-17-11(5-10(9)14)15-16-12(17)18/h1-6H,(H,16,18). The molecule has 3 aromatic rings. The minimum Gasteiger partial charge on any atom is -0.250 e. The molecule has 90 valence electrons. The lowest BCUT2D eigenvalue weighted by molar-refractivity contribution is 0.628. The molecule has 0 amide bonds. The molecule has 6 heteroatoms. The third-order valence-electron chi connectivity index (χ3n) is 2.66. The Labute approximate surface area is 115 Å². The van der Waals surface area contributed by atoms with E-state index in [2.05, 4.69) is 32.8 Å². The monoisotopic (exact) mass is 355 g/mol. The highest BCUT2D eigenvalue weighted by Crippen LogP contribution is 2.25. The first-order valence-corrected chi connectivity index (χ1v) is 6.25. The van der Waals surface area contributed by atoms with Crippen LogP contribution >= 0.6 is 22.6 Å². The van der Waals surface area contributed by atoms with Crippen LogP contribution in [0.2, 0.25) is 0 Å². The van der Waals surface area contributed by atoms with Crippen molar-refractivity contribution >= 4 is 28.2 Å². The highest BCUT2D eigenvalue weighted by molar-refractivity contribution is 14.1. The number of H-pyrrole nitrogens is 1. The van der Waals surface area contributed by atoms with E-state index in [1.54, 1.807) is 24.4 Å². The molecule has 0 radical (unpaired) electrons. The highest BCUT2D eigenvalue weighted by Gasteiger charge is 2.08. The quantitative estimate of drug-likeness (QED) is 0.682. The molecule has 0 saturated heterocycles. The van der Waals surface area contributed by atoms with E-state index in [1.165, 1.54) is 16.5 Å². The fourth-order valence-corrected chi connectivity index (χ4v) is 2.50. The Hall–Kier alpha value is -1.70. The van der Waals surface area contributed by atoms with Gasteiger partial charge in [-0.05, 0) is 46.4 Å². The molecule has 0 unspecified atom stereocenters. The predicted molar refractivity (Wildman–Crippen MR) is 73.9 cm³/mol. The molecule has 3 rings (SSSR count). The Morgan fingerprint density at radius 3 is 2.72 bits per heavy atom. The van der Waals surface area contributed by atoms with Crippen molar-refractivity contribution in [2.75, 3.05) is 0 Å². The largest absolute Gasteiger partial charge is 0.347 e. The fourth-order valence-electron chi connectivity index (χ4n) is 1.77. The zero-order chi connectivity index (χ0) is 12.7. The van der Waals surface area contributed by atoms with E-state index in [1.807, 2.05) is 0 Å². The second kappa shape index (κ2) is 4.20. The minimum absolute atomic E-state index is 0.282. The lowest BCUT2D eigenvalue weighted by Crippen LogP contribution is -2.09. The number of aromatic amines is 1. The first-order valence-electron chi connectivity index (χ1n) is 5.17. The molecule has 2 aromatic heterocycles. The zero-order valence-corrected chi connectivity index (χ0v) is 11.2. The third-order valence-corrected chi connectivity index (χ3v) is 3.55. The van der Waals surface area contributed by atoms with Crippen molar-refractivity contribution in [2.45, 2.75) is 0 Å². The Bertz CT molecular complexity index is 776. The molecule has 0 fully saturated rings. The van der Waals surface area contributed by atoms with E-state index in [0.29, 0.717) is 5.65 Å². The van der Waals surface area contributed by atoms with Crippen molar-refractivity contribution in [3.8, 4) is 11.1 Å². The lowest BCUT2D eigenvalue weighted by Gasteiger charge is -2.05. The molecular formula is C12H7FIN3O. The predicted octanol–water partition coefficient (Wildman–Crippen LogP) is 2.43. The van der Waals surface area contributed by atoms with Gasteiger partial charge in [0.05, 0.1) is 0 Å². The molecule has 18 heavy (non-hydrogen) atoms. The molecule has 2 heterocycles. The Morgan fingerprint density at radius 2 is 2.00 bits per heavy atom. The molecule has 0 atom stereocenters. The maximum absolute atomic E-state index is 12.9. The van der Waals surface area contributed by atoms with Crippen LogP contribution in [0.3, 0.4) is 0 Å². The summed E-state index contributed by atoms with van der Waals surface area (Å²) in [6.07, 6.45) is 1.70. The summed E-state index contributed by atoms with van der Waals surface area (Å²) in [5, 5.41) is 6.27. The number of pyridine rings is 1. The first-order chi connectivity index (χ1) is 8.65. The zero-order valence-electron chi connectivity index (χ0n) is 9.02. The van der Waals surface area contributed by atoms with E-state index in [4.69, 9.17) is 0 Å². The van der Waals surface area contributed by atoms with Crippen LogP contribution in [0, 0.1) is 9.39 Å². The smallest absolute Gasteiger partial charge is 0.250 e. The number of aromatic nitrogens is 3. The van der Waals surface area contributed by atoms with Crippen LogP contribution in [0.1, 0.15) is 0 Å². The van der Waals surface area contributed by atoms with Crippen molar-refractivity contribution in [3.63, 3.8) is 0 Å². The highest BCUT2D eigenvalue weighted by atomic mass is 127. The van der Waals surface area contributed by atoms with Crippen molar-refractivity contribution in [2.24, 2.45) is 0 Å². The normalized spacial score (nSPS) is 11.0. The van der Waals surface area contributed by atoms with Crippen LogP contribution in [-0.2, 0) is 0 Å². The molecule has 1 N–H and O–H groups in total. The molecular weight excluding hydrogens is 348 g/mol. The van der Waals surface area contributed by atoms with Crippen molar-refractivity contribution in [1.82, 2.24) is 14.6 Å². The third kappa shape index (κ3) is 1.82. The van der Waals surface area contributed by atoms with E-state index >= 15 is 0 Å². The molecule has 1 aromatic carbocycles. The number of rotatable bonds is 1. The van der Waals surface area contributed by atoms with Gasteiger partial charge < -0.3 is 0 Å². The van der Waals surface area contributed by atoms with Gasteiger partial charge in [0, 0.05) is 15.3 Å². The van der Waals surface area contributed by atoms with Gasteiger partial charge in [-0.15, -0.1) is 0 Å². The molecule has 0 bridgehead atoms. The average molecular weight is 355 g/mol. The maximum atomic E-state index is 12.9. The number of benzene rings is 1. The van der Waals surface area contributed by atoms with E-state index in [-0.39, 0.29) is 11.5 Å². The summed E-state index contributed by atoms with van der Waals surface area (Å²) in [4.78, 5) is 11.5. The van der Waals surface area contributed by atoms with Crippen LogP contribution in [0.5, 0.6) is 0 Å². The van der Waals surface area contributed by atoms with Crippen molar-refractivity contribution in [1.29, 1.82) is 0 Å². The van der Waals surface area contributed by atoms with Gasteiger partial charge in [-0.3, -0.25) is 0 Å². The van der Waals surface area contributed by atoms with Crippen LogP contribution < -0.4 is 5.69 Å². The van der Waals surface area contributed by atoms with Gasteiger partial charge in [-0.1, -0.05) is 12.1 Å². The molecule has 0 spiro atoms. The van der Waals surface area contributed by atoms with E-state index in [9.17, 15) is 9.18 Å². The fraction of sp³-hybridized carbons (Fsp3) is 0. The summed E-state index contributed by atoms with van der Waals surface area (Å²) in [7, 11) is 0. The van der Waals surface area contributed by atoms with Gasteiger partial charge in [0.2, 0.25) is 0 Å². The van der Waals surface area contributed by atoms with E-state index < -0.39 is 0 Å². The van der Waals surface area contributed by atoms with Crippen LogP contribution in [-0.4, -0.2) is 14.6 Å². The summed E-state index contributed by atoms with van der Waals surface area (Å²) in [5.41, 5.74) is 2.00. The summed E-state index contributed by atoms with van der Waals surface area (Å²) in [6, 6.07) is 7.96. The average Bonchev–Trinajstić information content (AvgIpc) is 2.71. The second-order valence-corrected chi connectivity index (χ2v) is 4.96. The van der Waals surface area contributed by atoms with Gasteiger partial charge in [-0.2, -0.15) is 5.10 Å². The molecule has 0 aliphatic heterocycles. The molecule has 0 saturated carbocycles. The maximum Gasteiger partial charge on any atom is 0.347 e. The summed E-state index contributed by atoms with van der Waals surface area (Å²) in [6.45, 7) is 0. The van der Waals surface area contributed by atoms with Gasteiger partial charge in [0.25, 0.3) is 0 Å².